The summed E-state index contributed by atoms with van der Waals surface area (Å²) >= 11 is 0. The number of pyridine rings is 1. The number of nitrogens with zero attached hydrogens (tertiary/aromatic N) is 3. The lowest BCUT2D eigenvalue weighted by Crippen LogP contribution is -2.45. The topological polar surface area (TPSA) is 68.7 Å². The second-order valence-electron chi connectivity index (χ2n) is 6.81. The number of aliphatic hydroxyl groups is 1. The molecular formula is C17H26N4O2. The van der Waals surface area contributed by atoms with Gasteiger partial charge in [-0.3, -0.25) is 4.79 Å². The van der Waals surface area contributed by atoms with Crippen molar-refractivity contribution in [3.05, 3.63) is 23.9 Å². The van der Waals surface area contributed by atoms with Gasteiger partial charge in [-0.1, -0.05) is 12.8 Å². The molecule has 1 aliphatic carbocycles. The summed E-state index contributed by atoms with van der Waals surface area (Å²) in [4.78, 5) is 21.3. The van der Waals surface area contributed by atoms with Crippen LogP contribution in [0.3, 0.4) is 0 Å². The lowest BCUT2D eigenvalue weighted by Gasteiger charge is -2.33. The van der Waals surface area contributed by atoms with E-state index >= 15 is 0 Å². The number of nitrogens with one attached hydrogen (secondary N) is 1. The first-order valence-corrected chi connectivity index (χ1v) is 8.46. The first-order chi connectivity index (χ1) is 11.1. The fraction of sp³-hybridized carbons (Fsp3) is 0.647. The minimum absolute atomic E-state index is 0.136. The van der Waals surface area contributed by atoms with Crippen molar-refractivity contribution in [3.8, 4) is 0 Å². The van der Waals surface area contributed by atoms with Crippen molar-refractivity contribution in [1.82, 2.24) is 15.2 Å². The lowest BCUT2D eigenvalue weighted by molar-refractivity contribution is 0.0449. The lowest BCUT2D eigenvalue weighted by atomic mass is 10.0. The zero-order valence-electron chi connectivity index (χ0n) is 13.8. The minimum atomic E-state index is -0.719. The molecule has 6 nitrogen and oxygen atoms in total. The summed E-state index contributed by atoms with van der Waals surface area (Å²) < 4.78 is 0. The summed E-state index contributed by atoms with van der Waals surface area (Å²) in [6.45, 7) is 4.19. The number of amides is 1. The zero-order chi connectivity index (χ0) is 16.3. The second-order valence-corrected chi connectivity index (χ2v) is 6.81. The molecule has 2 fully saturated rings. The van der Waals surface area contributed by atoms with Crippen molar-refractivity contribution in [2.24, 2.45) is 0 Å². The van der Waals surface area contributed by atoms with Gasteiger partial charge in [-0.25, -0.2) is 4.98 Å². The van der Waals surface area contributed by atoms with E-state index in [1.807, 2.05) is 6.07 Å². The molecule has 1 saturated carbocycles. The molecule has 1 aromatic heterocycles. The maximum absolute atomic E-state index is 12.4. The number of carbonyl (C=O) groups is 1. The molecule has 2 aliphatic rings. The normalized spacial score (nSPS) is 21.4. The Kier molecular flexibility index (Phi) is 4.82. The van der Waals surface area contributed by atoms with Crippen LogP contribution >= 0.6 is 0 Å². The van der Waals surface area contributed by atoms with Crippen LogP contribution in [0.25, 0.3) is 0 Å². The molecule has 0 spiro atoms. The highest BCUT2D eigenvalue weighted by Gasteiger charge is 2.31. The van der Waals surface area contributed by atoms with Gasteiger partial charge >= 0.3 is 0 Å². The van der Waals surface area contributed by atoms with E-state index in [-0.39, 0.29) is 5.91 Å². The summed E-state index contributed by atoms with van der Waals surface area (Å²) in [5.41, 5.74) is -0.112. The van der Waals surface area contributed by atoms with Crippen molar-refractivity contribution in [2.75, 3.05) is 44.7 Å². The third kappa shape index (κ3) is 4.00. The van der Waals surface area contributed by atoms with E-state index < -0.39 is 5.60 Å². The Labute approximate surface area is 137 Å². The number of aromatic nitrogens is 1. The molecule has 0 aromatic carbocycles. The fourth-order valence-electron chi connectivity index (χ4n) is 3.32. The highest BCUT2D eigenvalue weighted by molar-refractivity contribution is 5.94. The molecule has 1 aliphatic heterocycles. The Bertz CT molecular complexity index is 549. The van der Waals surface area contributed by atoms with Crippen LogP contribution in [0.4, 0.5) is 5.82 Å². The van der Waals surface area contributed by atoms with Gasteiger partial charge in [0.15, 0.2) is 0 Å². The van der Waals surface area contributed by atoms with E-state index in [1.54, 1.807) is 12.3 Å². The van der Waals surface area contributed by atoms with Gasteiger partial charge in [0.05, 0.1) is 5.60 Å². The average Bonchev–Trinajstić information content (AvgIpc) is 3.00. The smallest absolute Gasteiger partial charge is 0.251 e. The van der Waals surface area contributed by atoms with E-state index in [0.717, 1.165) is 57.7 Å². The van der Waals surface area contributed by atoms with Crippen molar-refractivity contribution >= 4 is 11.7 Å². The van der Waals surface area contributed by atoms with Crippen molar-refractivity contribution < 1.29 is 9.90 Å². The molecular weight excluding hydrogens is 292 g/mol. The molecule has 1 amide bonds. The number of hydrogen-bond donors (Lipinski definition) is 2. The number of rotatable bonds is 4. The van der Waals surface area contributed by atoms with Crippen LogP contribution in [-0.2, 0) is 0 Å². The van der Waals surface area contributed by atoms with Crippen LogP contribution in [0.15, 0.2) is 18.3 Å². The molecule has 2 N–H and O–H groups in total. The first-order valence-electron chi connectivity index (χ1n) is 8.46. The van der Waals surface area contributed by atoms with E-state index in [0.29, 0.717) is 12.1 Å². The second kappa shape index (κ2) is 6.84. The van der Waals surface area contributed by atoms with Gasteiger partial charge < -0.3 is 20.2 Å². The third-order valence-electron chi connectivity index (χ3n) is 4.95. The quantitative estimate of drug-likeness (QED) is 0.862. The molecule has 1 saturated heterocycles. The van der Waals surface area contributed by atoms with Gasteiger partial charge in [0, 0.05) is 44.5 Å². The monoisotopic (exact) mass is 318 g/mol. The molecule has 0 unspecified atom stereocenters. The average molecular weight is 318 g/mol. The summed E-state index contributed by atoms with van der Waals surface area (Å²) in [6.07, 6.45) is 5.31. The van der Waals surface area contributed by atoms with Crippen LogP contribution in [0.2, 0.25) is 0 Å². The Morgan fingerprint density at radius 2 is 2.00 bits per heavy atom. The molecule has 6 heteroatoms. The van der Waals surface area contributed by atoms with Crippen LogP contribution in [0, 0.1) is 0 Å². The van der Waals surface area contributed by atoms with E-state index in [4.69, 9.17) is 0 Å². The predicted octanol–water partition coefficient (Wildman–Crippen LogP) is 0.868. The number of likely N-dealkylation sites (N-methyl/N-ethyl adjacent to an activating group) is 1. The Balaban J connectivity index is 1.61. The van der Waals surface area contributed by atoms with Gasteiger partial charge in [0.2, 0.25) is 0 Å². The highest BCUT2D eigenvalue weighted by atomic mass is 16.3. The van der Waals surface area contributed by atoms with Crippen LogP contribution in [0.1, 0.15) is 36.0 Å². The van der Waals surface area contributed by atoms with E-state index in [2.05, 4.69) is 27.1 Å². The van der Waals surface area contributed by atoms with Gasteiger partial charge in [0.25, 0.3) is 5.91 Å². The summed E-state index contributed by atoms with van der Waals surface area (Å²) in [7, 11) is 2.11. The summed E-state index contributed by atoms with van der Waals surface area (Å²) in [5.74, 6) is 0.716. The Morgan fingerprint density at radius 3 is 2.70 bits per heavy atom. The molecule has 23 heavy (non-hydrogen) atoms. The van der Waals surface area contributed by atoms with Gasteiger partial charge in [-0.05, 0) is 32.0 Å². The standard InChI is InChI=1S/C17H26N4O2/c1-20-8-10-21(11-9-20)15-12-14(4-7-18-15)16(22)19-13-17(23)5-2-3-6-17/h4,7,12,23H,2-3,5-6,8-11,13H2,1H3,(H,19,22). The summed E-state index contributed by atoms with van der Waals surface area (Å²) in [5, 5.41) is 13.2. The SMILES string of the molecule is CN1CCN(c2cc(C(=O)NCC3(O)CCCC3)ccn2)CC1. The van der Waals surface area contributed by atoms with Gasteiger partial charge in [0.1, 0.15) is 5.82 Å². The number of carbonyl (C=O) groups excluding carboxylic acids is 1. The molecule has 2 heterocycles. The number of piperazine rings is 1. The zero-order valence-corrected chi connectivity index (χ0v) is 13.8. The molecule has 3 rings (SSSR count). The van der Waals surface area contributed by atoms with Crippen LogP contribution in [0.5, 0.6) is 0 Å². The van der Waals surface area contributed by atoms with Crippen molar-refractivity contribution in [2.45, 2.75) is 31.3 Å². The van der Waals surface area contributed by atoms with Crippen LogP contribution < -0.4 is 10.2 Å². The predicted molar refractivity (Wildman–Crippen MR) is 89.7 cm³/mol. The van der Waals surface area contributed by atoms with E-state index in [1.165, 1.54) is 0 Å². The van der Waals surface area contributed by atoms with Crippen LogP contribution in [-0.4, -0.2) is 66.3 Å². The molecule has 0 bridgehead atoms. The maximum Gasteiger partial charge on any atom is 0.251 e. The Hall–Kier alpha value is -1.66. The molecule has 0 atom stereocenters. The molecule has 1 aromatic rings. The largest absolute Gasteiger partial charge is 0.388 e. The van der Waals surface area contributed by atoms with Crippen molar-refractivity contribution in [3.63, 3.8) is 0 Å². The van der Waals surface area contributed by atoms with Gasteiger partial charge in [-0.2, -0.15) is 0 Å². The first kappa shape index (κ1) is 16.2. The highest BCUT2D eigenvalue weighted by Crippen LogP contribution is 2.28. The molecule has 126 valence electrons. The minimum Gasteiger partial charge on any atom is -0.388 e. The number of anilines is 1. The van der Waals surface area contributed by atoms with Crippen molar-refractivity contribution in [1.29, 1.82) is 0 Å². The van der Waals surface area contributed by atoms with Gasteiger partial charge in [-0.15, -0.1) is 0 Å². The fourth-order valence-corrected chi connectivity index (χ4v) is 3.32. The Morgan fingerprint density at radius 1 is 1.30 bits per heavy atom. The molecule has 0 radical (unpaired) electrons. The maximum atomic E-state index is 12.4. The third-order valence-corrected chi connectivity index (χ3v) is 4.95. The van der Waals surface area contributed by atoms with E-state index in [9.17, 15) is 9.90 Å². The summed E-state index contributed by atoms with van der Waals surface area (Å²) in [6, 6.07) is 3.58. The number of hydrogen-bond acceptors (Lipinski definition) is 5.